The average molecular weight is 281 g/mol. The fourth-order valence-corrected chi connectivity index (χ4v) is 3.36. The summed E-state index contributed by atoms with van der Waals surface area (Å²) in [5.41, 5.74) is 0.0434. The Morgan fingerprint density at radius 2 is 2.05 bits per heavy atom. The third-order valence-electron chi connectivity index (χ3n) is 3.90. The van der Waals surface area contributed by atoms with Crippen molar-refractivity contribution < 1.29 is 17.9 Å². The summed E-state index contributed by atoms with van der Waals surface area (Å²) in [7, 11) is -2.19. The number of ketones is 1. The molecule has 1 aliphatic heterocycles. The van der Waals surface area contributed by atoms with Gasteiger partial charge in [-0.25, -0.2) is 13.1 Å². The van der Waals surface area contributed by atoms with Crippen LogP contribution in [0.5, 0.6) is 5.75 Å². The number of rotatable bonds is 2. The van der Waals surface area contributed by atoms with Crippen molar-refractivity contribution >= 4 is 15.8 Å². The molecule has 0 atom stereocenters. The predicted molar refractivity (Wildman–Crippen MR) is 68.8 cm³/mol. The number of sulfonamides is 1. The van der Waals surface area contributed by atoms with Crippen LogP contribution < -0.4 is 9.46 Å². The van der Waals surface area contributed by atoms with Gasteiger partial charge in [-0.1, -0.05) is 0 Å². The lowest BCUT2D eigenvalue weighted by Gasteiger charge is -2.44. The second kappa shape index (κ2) is 4.05. The van der Waals surface area contributed by atoms with Crippen molar-refractivity contribution in [1.82, 2.24) is 4.72 Å². The van der Waals surface area contributed by atoms with Gasteiger partial charge in [0.05, 0.1) is 16.9 Å². The standard InChI is InChI=1S/C13H15NO4S/c1-14-19(16,17)9-3-4-12-10(7-9)11(15)8-13(18-12)5-2-6-13/h3-4,7,14H,2,5-6,8H2,1H3. The number of hydrogen-bond acceptors (Lipinski definition) is 4. The first-order valence-electron chi connectivity index (χ1n) is 6.26. The lowest BCUT2D eigenvalue weighted by molar-refractivity contribution is -0.0177. The molecule has 0 saturated heterocycles. The van der Waals surface area contributed by atoms with Gasteiger partial charge in [0.25, 0.3) is 0 Å². The van der Waals surface area contributed by atoms with Gasteiger partial charge in [-0.3, -0.25) is 4.79 Å². The van der Waals surface area contributed by atoms with Crippen molar-refractivity contribution in [1.29, 1.82) is 0 Å². The highest BCUT2D eigenvalue weighted by atomic mass is 32.2. The van der Waals surface area contributed by atoms with Gasteiger partial charge < -0.3 is 4.74 Å². The fourth-order valence-electron chi connectivity index (χ4n) is 2.61. The SMILES string of the molecule is CNS(=O)(=O)c1ccc2c(c1)C(=O)CC1(CCC1)O2. The topological polar surface area (TPSA) is 72.5 Å². The Hall–Kier alpha value is -1.40. The highest BCUT2D eigenvalue weighted by molar-refractivity contribution is 7.89. The molecule has 1 saturated carbocycles. The Bertz CT molecular complexity index is 647. The molecule has 0 radical (unpaired) electrons. The van der Waals surface area contributed by atoms with Crippen LogP contribution in [0.2, 0.25) is 0 Å². The summed E-state index contributed by atoms with van der Waals surface area (Å²) < 4.78 is 31.6. The number of carbonyl (C=O) groups is 1. The maximum Gasteiger partial charge on any atom is 0.240 e. The number of benzene rings is 1. The molecule has 1 spiro atoms. The van der Waals surface area contributed by atoms with Crippen LogP contribution in [0.15, 0.2) is 23.1 Å². The van der Waals surface area contributed by atoms with E-state index in [2.05, 4.69) is 4.72 Å². The highest BCUT2D eigenvalue weighted by Crippen LogP contribution is 2.45. The molecular weight excluding hydrogens is 266 g/mol. The second-order valence-electron chi connectivity index (χ2n) is 5.10. The smallest absolute Gasteiger partial charge is 0.240 e. The first-order valence-corrected chi connectivity index (χ1v) is 7.74. The molecule has 0 amide bonds. The van der Waals surface area contributed by atoms with Crippen molar-refractivity contribution in [3.05, 3.63) is 23.8 Å². The third kappa shape index (κ3) is 1.95. The van der Waals surface area contributed by atoms with E-state index in [1.807, 2.05) is 0 Å². The summed E-state index contributed by atoms with van der Waals surface area (Å²) in [6, 6.07) is 4.45. The van der Waals surface area contributed by atoms with Gasteiger partial charge >= 0.3 is 0 Å². The highest BCUT2D eigenvalue weighted by Gasteiger charge is 2.45. The quantitative estimate of drug-likeness (QED) is 0.891. The Balaban J connectivity index is 2.03. The molecule has 0 bridgehead atoms. The largest absolute Gasteiger partial charge is 0.486 e. The van der Waals surface area contributed by atoms with Crippen molar-refractivity contribution in [2.45, 2.75) is 36.2 Å². The lowest BCUT2D eigenvalue weighted by atomic mass is 9.74. The van der Waals surface area contributed by atoms with Gasteiger partial charge in [-0.2, -0.15) is 0 Å². The zero-order chi connectivity index (χ0) is 13.7. The van der Waals surface area contributed by atoms with Crippen LogP contribution in [0.3, 0.4) is 0 Å². The Kier molecular flexibility index (Phi) is 2.69. The molecule has 3 rings (SSSR count). The van der Waals surface area contributed by atoms with Crippen LogP contribution >= 0.6 is 0 Å². The fraction of sp³-hybridized carbons (Fsp3) is 0.462. The molecule has 0 aromatic heterocycles. The van der Waals surface area contributed by atoms with Gasteiger partial charge in [0.15, 0.2) is 5.78 Å². The van der Waals surface area contributed by atoms with Gasteiger partial charge in [0, 0.05) is 0 Å². The van der Waals surface area contributed by atoms with Crippen molar-refractivity contribution in [3.8, 4) is 5.75 Å². The summed E-state index contributed by atoms with van der Waals surface area (Å²) >= 11 is 0. The van der Waals surface area contributed by atoms with Crippen LogP contribution in [0, 0.1) is 0 Å². The van der Waals surface area contributed by atoms with E-state index in [4.69, 9.17) is 4.74 Å². The molecule has 19 heavy (non-hydrogen) atoms. The molecule has 1 aromatic carbocycles. The Labute approximate surface area is 112 Å². The zero-order valence-electron chi connectivity index (χ0n) is 10.6. The van der Waals surface area contributed by atoms with E-state index in [1.54, 1.807) is 6.07 Å². The summed E-state index contributed by atoms with van der Waals surface area (Å²) in [6.45, 7) is 0. The average Bonchev–Trinajstić information content (AvgIpc) is 2.36. The van der Waals surface area contributed by atoms with Gasteiger partial charge in [-0.05, 0) is 44.5 Å². The van der Waals surface area contributed by atoms with E-state index in [0.717, 1.165) is 19.3 Å². The Morgan fingerprint density at radius 1 is 1.32 bits per heavy atom. The van der Waals surface area contributed by atoms with Gasteiger partial charge in [0.2, 0.25) is 10.0 Å². The molecule has 1 N–H and O–H groups in total. The third-order valence-corrected chi connectivity index (χ3v) is 5.32. The monoisotopic (exact) mass is 281 g/mol. The molecule has 1 aromatic rings. The van der Waals surface area contributed by atoms with Crippen LogP contribution in [-0.2, 0) is 10.0 Å². The second-order valence-corrected chi connectivity index (χ2v) is 6.99. The molecule has 0 unspecified atom stereocenters. The maximum atomic E-state index is 12.2. The minimum atomic E-state index is -3.53. The molecule has 5 nitrogen and oxygen atoms in total. The summed E-state index contributed by atoms with van der Waals surface area (Å²) in [4.78, 5) is 12.3. The summed E-state index contributed by atoms with van der Waals surface area (Å²) in [6.07, 6.45) is 3.22. The predicted octanol–water partition coefficient (Wildman–Crippen LogP) is 1.48. The lowest BCUT2D eigenvalue weighted by Crippen LogP contribution is -2.47. The van der Waals surface area contributed by atoms with Crippen molar-refractivity contribution in [3.63, 3.8) is 0 Å². The zero-order valence-corrected chi connectivity index (χ0v) is 11.4. The Morgan fingerprint density at radius 3 is 2.63 bits per heavy atom. The van der Waals surface area contributed by atoms with E-state index in [0.29, 0.717) is 17.7 Å². The number of carbonyl (C=O) groups excluding carboxylic acids is 1. The number of Topliss-reactive ketones (excluding diaryl/α,β-unsaturated/α-hetero) is 1. The molecule has 1 heterocycles. The van der Waals surface area contributed by atoms with Crippen molar-refractivity contribution in [2.75, 3.05) is 7.05 Å². The number of fused-ring (bicyclic) bond motifs is 1. The normalized spacial score (nSPS) is 20.6. The summed E-state index contributed by atoms with van der Waals surface area (Å²) in [5.74, 6) is 0.472. The van der Waals surface area contributed by atoms with Gasteiger partial charge in [0.1, 0.15) is 11.4 Å². The first-order chi connectivity index (χ1) is 8.96. The van der Waals surface area contributed by atoms with E-state index in [-0.39, 0.29) is 16.3 Å². The molecule has 1 aliphatic carbocycles. The maximum absolute atomic E-state index is 12.2. The minimum Gasteiger partial charge on any atom is -0.486 e. The summed E-state index contributed by atoms with van der Waals surface area (Å²) in [5, 5.41) is 0. The van der Waals surface area contributed by atoms with E-state index >= 15 is 0 Å². The van der Waals surface area contributed by atoms with Crippen molar-refractivity contribution in [2.24, 2.45) is 0 Å². The minimum absolute atomic E-state index is 0.0332. The molecule has 1 fully saturated rings. The molecule has 2 aliphatic rings. The van der Waals surface area contributed by atoms with E-state index < -0.39 is 10.0 Å². The number of nitrogens with one attached hydrogen (secondary N) is 1. The van der Waals surface area contributed by atoms with Crippen LogP contribution in [0.25, 0.3) is 0 Å². The first kappa shape index (κ1) is 12.6. The number of hydrogen-bond donors (Lipinski definition) is 1. The van der Waals surface area contributed by atoms with Crippen LogP contribution in [0.4, 0.5) is 0 Å². The van der Waals surface area contributed by atoms with E-state index in [9.17, 15) is 13.2 Å². The number of ether oxygens (including phenoxy) is 1. The van der Waals surface area contributed by atoms with Crippen LogP contribution in [0.1, 0.15) is 36.0 Å². The van der Waals surface area contributed by atoms with E-state index in [1.165, 1.54) is 19.2 Å². The van der Waals surface area contributed by atoms with Crippen LogP contribution in [-0.4, -0.2) is 26.8 Å². The molecular formula is C13H15NO4S. The molecule has 6 heteroatoms. The van der Waals surface area contributed by atoms with Gasteiger partial charge in [-0.15, -0.1) is 0 Å². The molecule has 102 valence electrons.